The number of benzene rings is 1. The second-order valence-corrected chi connectivity index (χ2v) is 9.22. The number of hydrogen-bond donors (Lipinski definition) is 2. The van der Waals surface area contributed by atoms with Gasteiger partial charge in [-0.3, -0.25) is 4.99 Å². The van der Waals surface area contributed by atoms with E-state index < -0.39 is 9.84 Å². The van der Waals surface area contributed by atoms with E-state index in [0.717, 1.165) is 25.3 Å². The van der Waals surface area contributed by atoms with Crippen LogP contribution in [0.5, 0.6) is 0 Å². The summed E-state index contributed by atoms with van der Waals surface area (Å²) in [6, 6.07) is 8.88. The molecule has 0 aliphatic rings. The molecule has 0 spiro atoms. The van der Waals surface area contributed by atoms with Crippen LogP contribution in [0.4, 0.5) is 0 Å². The number of hydrogen-bond acceptors (Lipinski definition) is 3. The smallest absolute Gasteiger partial charge is 0.191 e. The topological polar surface area (TPSA) is 70.6 Å². The van der Waals surface area contributed by atoms with Crippen molar-refractivity contribution in [1.82, 2.24) is 10.6 Å². The molecule has 0 amide bonds. The summed E-state index contributed by atoms with van der Waals surface area (Å²) in [7, 11) is -1.20. The van der Waals surface area contributed by atoms with Crippen LogP contribution in [0.25, 0.3) is 0 Å². The second kappa shape index (κ2) is 10.4. The highest BCUT2D eigenvalue weighted by Crippen LogP contribution is 2.15. The predicted molar refractivity (Wildman–Crippen MR) is 107 cm³/mol. The highest BCUT2D eigenvalue weighted by molar-refractivity contribution is 7.90. The lowest BCUT2D eigenvalue weighted by Crippen LogP contribution is -2.43. The monoisotopic (exact) mass is 367 g/mol. The Labute approximate surface area is 153 Å². The zero-order valence-electron chi connectivity index (χ0n) is 16.2. The van der Waals surface area contributed by atoms with Gasteiger partial charge in [0.1, 0.15) is 9.84 Å². The molecule has 25 heavy (non-hydrogen) atoms. The van der Waals surface area contributed by atoms with Crippen LogP contribution < -0.4 is 10.6 Å². The fraction of sp³-hybridized carbons (Fsp3) is 0.632. The molecule has 0 aliphatic carbocycles. The number of sulfone groups is 1. The first-order valence-corrected chi connectivity index (χ1v) is 11.0. The maximum Gasteiger partial charge on any atom is 0.191 e. The molecule has 1 rings (SSSR count). The van der Waals surface area contributed by atoms with Gasteiger partial charge in [0, 0.05) is 25.9 Å². The highest BCUT2D eigenvalue weighted by Gasteiger charge is 2.09. The summed E-state index contributed by atoms with van der Waals surface area (Å²) in [6.07, 6.45) is 3.87. The average molecular weight is 368 g/mol. The molecular weight excluding hydrogens is 334 g/mol. The summed E-state index contributed by atoms with van der Waals surface area (Å²) >= 11 is 0. The Bertz CT molecular complexity index is 637. The summed E-state index contributed by atoms with van der Waals surface area (Å²) in [4.78, 5) is 4.19. The number of aliphatic imine (C=N–C) groups is 1. The Morgan fingerprint density at radius 1 is 1.16 bits per heavy atom. The number of aryl methyl sites for hydroxylation is 1. The Morgan fingerprint density at radius 3 is 2.32 bits per heavy atom. The van der Waals surface area contributed by atoms with Gasteiger partial charge in [-0.05, 0) is 43.2 Å². The molecule has 6 heteroatoms. The zero-order chi connectivity index (χ0) is 18.9. The van der Waals surface area contributed by atoms with Crippen molar-refractivity contribution in [2.45, 2.75) is 52.0 Å². The third-order valence-corrected chi connectivity index (χ3v) is 5.09. The van der Waals surface area contributed by atoms with Crippen LogP contribution in [0.1, 0.15) is 50.7 Å². The lowest BCUT2D eigenvalue weighted by atomic mass is 10.0. The van der Waals surface area contributed by atoms with Crippen molar-refractivity contribution in [3.05, 3.63) is 35.4 Å². The molecule has 142 valence electrons. The van der Waals surface area contributed by atoms with Gasteiger partial charge in [-0.25, -0.2) is 8.42 Å². The van der Waals surface area contributed by atoms with Crippen LogP contribution >= 0.6 is 0 Å². The van der Waals surface area contributed by atoms with E-state index in [1.807, 2.05) is 6.92 Å². The molecule has 1 aromatic rings. The number of rotatable bonds is 9. The van der Waals surface area contributed by atoms with Crippen molar-refractivity contribution in [1.29, 1.82) is 0 Å². The summed E-state index contributed by atoms with van der Waals surface area (Å²) in [5.74, 6) is 1.47. The molecule has 1 unspecified atom stereocenters. The van der Waals surface area contributed by atoms with Gasteiger partial charge in [0.2, 0.25) is 0 Å². The van der Waals surface area contributed by atoms with E-state index >= 15 is 0 Å². The molecule has 0 radical (unpaired) electrons. The van der Waals surface area contributed by atoms with Crippen molar-refractivity contribution >= 4 is 15.8 Å². The first-order chi connectivity index (χ1) is 11.7. The molecule has 2 N–H and O–H groups in total. The van der Waals surface area contributed by atoms with Gasteiger partial charge in [-0.2, -0.15) is 0 Å². The average Bonchev–Trinajstić information content (AvgIpc) is 2.55. The molecule has 0 bridgehead atoms. The molecule has 1 aromatic carbocycles. The fourth-order valence-corrected chi connectivity index (χ4v) is 3.24. The SMILES string of the molecule is CN=C(NCCCc1ccc(C(C)C)cc1)NC(C)CCS(C)(=O)=O. The zero-order valence-corrected chi connectivity index (χ0v) is 17.0. The first-order valence-electron chi connectivity index (χ1n) is 8.95. The third-order valence-electron chi connectivity index (χ3n) is 4.11. The second-order valence-electron chi connectivity index (χ2n) is 6.96. The van der Waals surface area contributed by atoms with E-state index in [9.17, 15) is 8.42 Å². The maximum absolute atomic E-state index is 11.2. The summed E-state index contributed by atoms with van der Waals surface area (Å²) in [5, 5.41) is 6.52. The molecular formula is C19H33N3O2S. The van der Waals surface area contributed by atoms with Crippen LogP contribution in [0, 0.1) is 0 Å². The largest absolute Gasteiger partial charge is 0.356 e. The number of guanidine groups is 1. The lowest BCUT2D eigenvalue weighted by Gasteiger charge is -2.17. The molecule has 0 aromatic heterocycles. The maximum atomic E-state index is 11.2. The summed E-state index contributed by atoms with van der Waals surface area (Å²) in [6.45, 7) is 7.20. The van der Waals surface area contributed by atoms with Crippen LogP contribution in [0.2, 0.25) is 0 Å². The third kappa shape index (κ3) is 9.48. The Morgan fingerprint density at radius 2 is 1.80 bits per heavy atom. The first kappa shape index (κ1) is 21.5. The van der Waals surface area contributed by atoms with E-state index in [-0.39, 0.29) is 11.8 Å². The minimum Gasteiger partial charge on any atom is -0.356 e. The Hall–Kier alpha value is -1.56. The van der Waals surface area contributed by atoms with Gasteiger partial charge in [-0.15, -0.1) is 0 Å². The molecule has 0 fully saturated rings. The van der Waals surface area contributed by atoms with Gasteiger partial charge in [-0.1, -0.05) is 38.1 Å². The molecule has 0 aliphatic heterocycles. The molecule has 0 heterocycles. The Balaban J connectivity index is 2.31. The van der Waals surface area contributed by atoms with Crippen molar-refractivity contribution in [3.63, 3.8) is 0 Å². The van der Waals surface area contributed by atoms with Crippen LogP contribution in [-0.2, 0) is 16.3 Å². The highest BCUT2D eigenvalue weighted by atomic mass is 32.2. The van der Waals surface area contributed by atoms with Crippen molar-refractivity contribution in [3.8, 4) is 0 Å². The van der Waals surface area contributed by atoms with Gasteiger partial charge < -0.3 is 10.6 Å². The van der Waals surface area contributed by atoms with Gasteiger partial charge >= 0.3 is 0 Å². The predicted octanol–water partition coefficient (Wildman–Crippen LogP) is 2.73. The van der Waals surface area contributed by atoms with E-state index in [1.165, 1.54) is 17.4 Å². The number of nitrogens with zero attached hydrogens (tertiary/aromatic N) is 1. The Kier molecular flexibility index (Phi) is 8.97. The summed E-state index contributed by atoms with van der Waals surface area (Å²) in [5.41, 5.74) is 2.71. The molecule has 0 saturated heterocycles. The minimum atomic E-state index is -2.92. The van der Waals surface area contributed by atoms with Crippen LogP contribution in [0.15, 0.2) is 29.3 Å². The van der Waals surface area contributed by atoms with Crippen molar-refractivity contribution in [2.75, 3.05) is 25.6 Å². The van der Waals surface area contributed by atoms with Crippen molar-refractivity contribution < 1.29 is 8.42 Å². The van der Waals surface area contributed by atoms with E-state index in [2.05, 4.69) is 53.7 Å². The van der Waals surface area contributed by atoms with Gasteiger partial charge in [0.05, 0.1) is 5.75 Å². The van der Waals surface area contributed by atoms with E-state index in [0.29, 0.717) is 12.3 Å². The fourth-order valence-electron chi connectivity index (χ4n) is 2.46. The van der Waals surface area contributed by atoms with Crippen LogP contribution in [0.3, 0.4) is 0 Å². The number of nitrogens with one attached hydrogen (secondary N) is 2. The van der Waals surface area contributed by atoms with Gasteiger partial charge in [0.15, 0.2) is 5.96 Å². The quantitative estimate of drug-likeness (QED) is 0.400. The minimum absolute atomic E-state index is 0.0597. The molecule has 5 nitrogen and oxygen atoms in total. The van der Waals surface area contributed by atoms with Crippen molar-refractivity contribution in [2.24, 2.45) is 4.99 Å². The molecule has 0 saturated carbocycles. The summed E-state index contributed by atoms with van der Waals surface area (Å²) < 4.78 is 22.4. The van der Waals surface area contributed by atoms with E-state index in [1.54, 1.807) is 7.05 Å². The van der Waals surface area contributed by atoms with E-state index in [4.69, 9.17) is 0 Å². The standard InChI is InChI=1S/C19H33N3O2S/c1-15(2)18-10-8-17(9-11-18)7-6-13-21-19(20-4)22-16(3)12-14-25(5,23)24/h8-11,15-16H,6-7,12-14H2,1-5H3,(H2,20,21,22). The molecule has 1 atom stereocenters. The van der Waals surface area contributed by atoms with Gasteiger partial charge in [0.25, 0.3) is 0 Å². The lowest BCUT2D eigenvalue weighted by molar-refractivity contribution is 0.580. The normalized spacial score (nSPS) is 13.8. The van der Waals surface area contributed by atoms with Crippen LogP contribution in [-0.4, -0.2) is 46.0 Å².